The van der Waals surface area contributed by atoms with Crippen LogP contribution in [0.15, 0.2) is 70.3 Å². The first-order valence-corrected chi connectivity index (χ1v) is 9.26. The zero-order chi connectivity index (χ0) is 21.3. The Labute approximate surface area is 174 Å². The number of anilines is 2. The highest BCUT2D eigenvalue weighted by atomic mass is 16.5. The zero-order valence-electron chi connectivity index (χ0n) is 17.1. The van der Waals surface area contributed by atoms with Crippen molar-refractivity contribution in [2.24, 2.45) is 4.99 Å². The maximum atomic E-state index is 12.0. The van der Waals surface area contributed by atoms with Crippen molar-refractivity contribution < 1.29 is 18.7 Å². The molecule has 0 radical (unpaired) electrons. The molecule has 1 aromatic heterocycles. The Kier molecular flexibility index (Phi) is 6.94. The van der Waals surface area contributed by atoms with Gasteiger partial charge in [0.15, 0.2) is 23.2 Å². The minimum Gasteiger partial charge on any atom is -0.493 e. The van der Waals surface area contributed by atoms with Gasteiger partial charge in [0, 0.05) is 31.0 Å². The van der Waals surface area contributed by atoms with Crippen LogP contribution in [0.5, 0.6) is 11.5 Å². The second-order valence-electron chi connectivity index (χ2n) is 6.25. The lowest BCUT2D eigenvalue weighted by molar-refractivity contribution is 0.0996. The number of rotatable bonds is 7. The summed E-state index contributed by atoms with van der Waals surface area (Å²) in [4.78, 5) is 16.3. The lowest BCUT2D eigenvalue weighted by Gasteiger charge is -2.14. The first kappa shape index (κ1) is 20.8. The number of benzene rings is 2. The molecule has 0 atom stereocenters. The Morgan fingerprint density at radius 3 is 2.33 bits per heavy atom. The third-order valence-corrected chi connectivity index (χ3v) is 4.29. The van der Waals surface area contributed by atoms with Gasteiger partial charge in [-0.05, 0) is 42.0 Å². The minimum absolute atomic E-state index is 0.269. The topological polar surface area (TPSA) is 97.1 Å². The molecule has 0 aliphatic carbocycles. The largest absolute Gasteiger partial charge is 0.493 e. The number of guanidine groups is 1. The molecule has 0 spiro atoms. The highest BCUT2D eigenvalue weighted by molar-refractivity contribution is 6.02. The predicted molar refractivity (Wildman–Crippen MR) is 116 cm³/mol. The SMILES string of the molecule is CN=C(NCc1ccc(NC(=O)c2ccco2)cc1)Nc1ccc(OC)c(OC)c1. The lowest BCUT2D eigenvalue weighted by Crippen LogP contribution is -2.30. The highest BCUT2D eigenvalue weighted by Gasteiger charge is 2.09. The van der Waals surface area contributed by atoms with Crippen LogP contribution in [0.1, 0.15) is 16.1 Å². The second kappa shape index (κ2) is 10.0. The molecule has 0 fully saturated rings. The normalized spacial score (nSPS) is 11.0. The maximum Gasteiger partial charge on any atom is 0.291 e. The van der Waals surface area contributed by atoms with Crippen molar-refractivity contribution in [3.63, 3.8) is 0 Å². The molecule has 0 bridgehead atoms. The van der Waals surface area contributed by atoms with Crippen LogP contribution in [0.3, 0.4) is 0 Å². The Bertz CT molecular complexity index is 998. The molecule has 1 amide bonds. The summed E-state index contributed by atoms with van der Waals surface area (Å²) >= 11 is 0. The van der Waals surface area contributed by atoms with Crippen LogP contribution in [0.25, 0.3) is 0 Å². The van der Waals surface area contributed by atoms with Gasteiger partial charge >= 0.3 is 0 Å². The van der Waals surface area contributed by atoms with Crippen LogP contribution in [0.2, 0.25) is 0 Å². The number of hydrogen-bond donors (Lipinski definition) is 3. The van der Waals surface area contributed by atoms with E-state index in [4.69, 9.17) is 13.9 Å². The van der Waals surface area contributed by atoms with Crippen molar-refractivity contribution in [3.8, 4) is 11.5 Å². The van der Waals surface area contributed by atoms with Crippen molar-refractivity contribution in [3.05, 3.63) is 72.2 Å². The Morgan fingerprint density at radius 1 is 0.967 bits per heavy atom. The van der Waals surface area contributed by atoms with Gasteiger partial charge in [0.05, 0.1) is 20.5 Å². The summed E-state index contributed by atoms with van der Waals surface area (Å²) in [6, 6.07) is 16.3. The Hall–Kier alpha value is -3.94. The average Bonchev–Trinajstić information content (AvgIpc) is 3.32. The van der Waals surface area contributed by atoms with Crippen LogP contribution in [-0.2, 0) is 6.54 Å². The fourth-order valence-corrected chi connectivity index (χ4v) is 2.72. The van der Waals surface area contributed by atoms with Gasteiger partial charge in [-0.2, -0.15) is 0 Å². The van der Waals surface area contributed by atoms with Crippen molar-refractivity contribution in [1.29, 1.82) is 0 Å². The summed E-state index contributed by atoms with van der Waals surface area (Å²) in [5, 5.41) is 9.25. The summed E-state index contributed by atoms with van der Waals surface area (Å²) in [5.74, 6) is 1.88. The van der Waals surface area contributed by atoms with E-state index in [-0.39, 0.29) is 11.7 Å². The minimum atomic E-state index is -0.287. The Balaban J connectivity index is 1.55. The fourth-order valence-electron chi connectivity index (χ4n) is 2.72. The molecule has 0 saturated carbocycles. The summed E-state index contributed by atoms with van der Waals surface area (Å²) in [7, 11) is 4.89. The van der Waals surface area contributed by atoms with Gasteiger partial charge < -0.3 is 29.8 Å². The number of ether oxygens (including phenoxy) is 2. The van der Waals surface area contributed by atoms with E-state index in [0.717, 1.165) is 11.3 Å². The number of methoxy groups -OCH3 is 2. The molecule has 8 heteroatoms. The summed E-state index contributed by atoms with van der Waals surface area (Å²) in [6.07, 6.45) is 1.46. The van der Waals surface area contributed by atoms with Gasteiger partial charge in [0.2, 0.25) is 0 Å². The quantitative estimate of drug-likeness (QED) is 0.407. The van der Waals surface area contributed by atoms with Gasteiger partial charge in [-0.3, -0.25) is 9.79 Å². The van der Waals surface area contributed by atoms with Crippen LogP contribution < -0.4 is 25.4 Å². The number of carbonyl (C=O) groups excluding carboxylic acids is 1. The van der Waals surface area contributed by atoms with E-state index < -0.39 is 0 Å². The summed E-state index contributed by atoms with van der Waals surface area (Å²) in [6.45, 7) is 0.555. The number of hydrogen-bond acceptors (Lipinski definition) is 5. The van der Waals surface area contributed by atoms with Crippen molar-refractivity contribution in [2.45, 2.75) is 6.54 Å². The molecular formula is C22H24N4O4. The van der Waals surface area contributed by atoms with E-state index in [0.29, 0.717) is 29.7 Å². The third kappa shape index (κ3) is 5.32. The van der Waals surface area contributed by atoms with E-state index >= 15 is 0 Å². The van der Waals surface area contributed by atoms with E-state index in [1.807, 2.05) is 42.5 Å². The molecule has 0 unspecified atom stereocenters. The molecule has 0 aliphatic heterocycles. The molecule has 3 aromatic rings. The van der Waals surface area contributed by atoms with Gasteiger partial charge in [-0.25, -0.2) is 0 Å². The second-order valence-corrected chi connectivity index (χ2v) is 6.25. The smallest absolute Gasteiger partial charge is 0.291 e. The summed E-state index contributed by atoms with van der Waals surface area (Å²) in [5.41, 5.74) is 2.53. The molecule has 30 heavy (non-hydrogen) atoms. The van der Waals surface area contributed by atoms with Crippen LogP contribution in [0, 0.1) is 0 Å². The van der Waals surface area contributed by atoms with Crippen molar-refractivity contribution >= 4 is 23.2 Å². The van der Waals surface area contributed by atoms with E-state index in [1.165, 1.54) is 6.26 Å². The molecule has 0 saturated heterocycles. The average molecular weight is 408 g/mol. The molecule has 2 aromatic carbocycles. The molecule has 8 nitrogen and oxygen atoms in total. The van der Waals surface area contributed by atoms with Gasteiger partial charge in [0.25, 0.3) is 5.91 Å². The molecule has 0 aliphatic rings. The number of aliphatic imine (C=N–C) groups is 1. The third-order valence-electron chi connectivity index (χ3n) is 4.29. The molecule has 3 N–H and O–H groups in total. The number of furan rings is 1. The zero-order valence-corrected chi connectivity index (χ0v) is 17.1. The van der Waals surface area contributed by atoms with E-state index in [2.05, 4.69) is 20.9 Å². The molecular weight excluding hydrogens is 384 g/mol. The monoisotopic (exact) mass is 408 g/mol. The van der Waals surface area contributed by atoms with Crippen LogP contribution in [0.4, 0.5) is 11.4 Å². The lowest BCUT2D eigenvalue weighted by atomic mass is 10.2. The number of nitrogens with zero attached hydrogens (tertiary/aromatic N) is 1. The van der Waals surface area contributed by atoms with Crippen molar-refractivity contribution in [1.82, 2.24) is 5.32 Å². The predicted octanol–water partition coefficient (Wildman–Crippen LogP) is 3.74. The summed E-state index contributed by atoms with van der Waals surface area (Å²) < 4.78 is 15.7. The van der Waals surface area contributed by atoms with Crippen molar-refractivity contribution in [2.75, 3.05) is 31.9 Å². The molecule has 156 valence electrons. The Morgan fingerprint density at radius 2 is 1.70 bits per heavy atom. The highest BCUT2D eigenvalue weighted by Crippen LogP contribution is 2.29. The first-order valence-electron chi connectivity index (χ1n) is 9.26. The number of amides is 1. The van der Waals surface area contributed by atoms with E-state index in [9.17, 15) is 4.79 Å². The molecule has 1 heterocycles. The first-order chi connectivity index (χ1) is 14.6. The standard InChI is InChI=1S/C22H24N4O4/c1-23-22(26-17-10-11-18(28-2)20(13-17)29-3)24-14-15-6-8-16(9-7-15)25-21(27)19-5-4-12-30-19/h4-13H,14H2,1-3H3,(H,25,27)(H2,23,24,26). The number of nitrogens with one attached hydrogen (secondary N) is 3. The van der Waals surface area contributed by atoms with Crippen LogP contribution in [-0.4, -0.2) is 33.1 Å². The maximum absolute atomic E-state index is 12.0. The van der Waals surface area contributed by atoms with Gasteiger partial charge in [-0.1, -0.05) is 12.1 Å². The molecule has 3 rings (SSSR count). The van der Waals surface area contributed by atoms with Crippen LogP contribution >= 0.6 is 0 Å². The van der Waals surface area contributed by atoms with Gasteiger partial charge in [-0.15, -0.1) is 0 Å². The fraction of sp³-hybridized carbons (Fsp3) is 0.182. The number of carbonyl (C=O) groups is 1. The van der Waals surface area contributed by atoms with Gasteiger partial charge in [0.1, 0.15) is 0 Å². The van der Waals surface area contributed by atoms with E-state index in [1.54, 1.807) is 33.4 Å².